The van der Waals surface area contributed by atoms with Gasteiger partial charge in [0.1, 0.15) is 0 Å². The Morgan fingerprint density at radius 1 is 1.14 bits per heavy atom. The molecule has 7 heteroatoms. The zero-order chi connectivity index (χ0) is 4.50. The molecule has 0 saturated carbocycles. The second kappa shape index (κ2) is 4.78. The van der Waals surface area contributed by atoms with E-state index in [1.165, 1.54) is 0 Å². The molecule has 0 bridgehead atoms. The normalized spacial score (nSPS) is 8.43. The Hall–Kier alpha value is 0.628. The molecule has 0 spiro atoms. The van der Waals surface area contributed by atoms with Crippen LogP contribution in [0.2, 0.25) is 0 Å². The van der Waals surface area contributed by atoms with E-state index in [0.717, 1.165) is 0 Å². The molecule has 7 heavy (non-hydrogen) atoms. The van der Waals surface area contributed by atoms with Crippen molar-refractivity contribution in [2.75, 3.05) is 0 Å². The molecule has 0 rings (SSSR count). The number of phosphoric acid groups is 1. The molecule has 0 fully saturated rings. The maximum absolute atomic E-state index is 8.88. The van der Waals surface area contributed by atoms with Crippen molar-refractivity contribution >= 4 is 25.8 Å². The van der Waals surface area contributed by atoms with E-state index in [1.807, 2.05) is 0 Å². The van der Waals surface area contributed by atoms with Gasteiger partial charge in [0, 0.05) is 0 Å². The molecule has 6 N–H and O–H groups in total. The fourth-order valence-electron chi connectivity index (χ4n) is 0. The molecule has 1 atom stereocenters. The average molecular weight is 193 g/mol. The maximum atomic E-state index is 8.88. The fraction of sp³-hybridized carbons (Fsp3) is 0. The van der Waals surface area contributed by atoms with Crippen LogP contribution in [0.1, 0.15) is 0 Å². The molecule has 0 saturated heterocycles. The van der Waals surface area contributed by atoms with Crippen LogP contribution in [0.15, 0.2) is 0 Å². The third kappa shape index (κ3) is 360. The Balaban J connectivity index is -0.0000000800. The predicted octanol–water partition coefficient (Wildman–Crippen LogP) is -1.95. The third-order valence-electron chi connectivity index (χ3n) is 0. The van der Waals surface area contributed by atoms with Crippen molar-refractivity contribution in [3.05, 3.63) is 0 Å². The van der Waals surface area contributed by atoms with E-state index in [0.29, 0.717) is 0 Å². The minimum atomic E-state index is -4.64. The molecule has 0 aromatic carbocycles. The first-order valence-electron chi connectivity index (χ1n) is 0.783. The molecule has 0 aliphatic rings. The van der Waals surface area contributed by atoms with Crippen LogP contribution in [-0.4, -0.2) is 32.6 Å². The van der Waals surface area contributed by atoms with Gasteiger partial charge in [-0.1, -0.05) is 0 Å². The quantitative estimate of drug-likeness (QED) is 0.263. The Labute approximate surface area is 51.9 Å². The van der Waals surface area contributed by atoms with Crippen LogP contribution < -0.4 is 6.15 Å². The van der Waals surface area contributed by atoms with Gasteiger partial charge in [-0.2, -0.15) is 0 Å². The van der Waals surface area contributed by atoms with Gasteiger partial charge in [0.25, 0.3) is 0 Å². The van der Waals surface area contributed by atoms with Gasteiger partial charge >= 0.3 is 25.8 Å². The summed E-state index contributed by atoms with van der Waals surface area (Å²) in [5.41, 5.74) is 0. The third-order valence-corrected chi connectivity index (χ3v) is 0. The van der Waals surface area contributed by atoms with Crippen molar-refractivity contribution < 1.29 is 19.2 Å². The van der Waals surface area contributed by atoms with E-state index in [2.05, 4.69) is 0 Å². The molecule has 1 unspecified atom stereocenters. The summed E-state index contributed by atoms with van der Waals surface area (Å²) < 4.78 is 8.88. The number of hydrogen-bond donors (Lipinski definition) is 4. The van der Waals surface area contributed by atoms with Crippen molar-refractivity contribution in [1.82, 2.24) is 6.15 Å². The van der Waals surface area contributed by atoms with E-state index in [4.69, 9.17) is 19.2 Å². The Morgan fingerprint density at radius 3 is 1.14 bits per heavy atom. The zero-order valence-corrected chi connectivity index (χ0v) is 7.47. The summed E-state index contributed by atoms with van der Waals surface area (Å²) in [6.07, 6.45) is 0. The van der Waals surface area contributed by atoms with Crippen LogP contribution in [0.5, 0.6) is 0 Å². The molecule has 0 aliphatic heterocycles. The van der Waals surface area contributed by atoms with Crippen LogP contribution >= 0.6 is 7.82 Å². The average Bonchev–Trinajstić information content (AvgIpc) is 0.722. The van der Waals surface area contributed by atoms with Crippen molar-refractivity contribution in [1.29, 1.82) is 0 Å². The zero-order valence-electron chi connectivity index (χ0n) is 3.61. The first-order valence-corrected chi connectivity index (χ1v) is 2.35. The summed E-state index contributed by atoms with van der Waals surface area (Å²) in [7, 11) is -4.64. The van der Waals surface area contributed by atoms with Gasteiger partial charge in [0.2, 0.25) is 0 Å². The number of hydrogen-bond acceptors (Lipinski definition) is 2. The van der Waals surface area contributed by atoms with E-state index in [-0.39, 0.29) is 24.1 Å². The fourth-order valence-corrected chi connectivity index (χ4v) is 0. The van der Waals surface area contributed by atoms with Gasteiger partial charge in [-0.15, -0.1) is 0 Å². The second-order valence-corrected chi connectivity index (χ2v) is 1.54. The van der Waals surface area contributed by atoms with Gasteiger partial charge in [-0.3, -0.25) is 0 Å². The molecule has 48 valence electrons. The Kier molecular flexibility index (Phi) is 10.7. The van der Waals surface area contributed by atoms with Gasteiger partial charge in [-0.25, -0.2) is 4.57 Å². The Morgan fingerprint density at radius 2 is 1.14 bits per heavy atom. The first-order chi connectivity index (χ1) is 2.00. The van der Waals surface area contributed by atoms with E-state index in [1.54, 1.807) is 0 Å². The summed E-state index contributed by atoms with van der Waals surface area (Å²) in [6, 6.07) is 0. The van der Waals surface area contributed by atoms with Crippen molar-refractivity contribution in [2.24, 2.45) is 0 Å². The molecule has 0 radical (unpaired) electrons. The minimum absolute atomic E-state index is 0. The summed E-state index contributed by atoms with van der Waals surface area (Å²) in [6.45, 7) is 0. The molecular weight excluding hydrogens is 184 g/mol. The second-order valence-electron chi connectivity index (χ2n) is 0.513. The summed E-state index contributed by atoms with van der Waals surface area (Å²) in [5.74, 6) is 0. The standard InChI is InChI=1S/AsH3.H3N.H3O4P/c;;1-5(2,3)4/h2*1H3;(H3,1,2,3,4). The molecule has 0 aromatic rings. The van der Waals surface area contributed by atoms with Crippen LogP contribution in [0, 0.1) is 0 Å². The first kappa shape index (κ1) is 15.6. The van der Waals surface area contributed by atoms with Crippen molar-refractivity contribution in [3.8, 4) is 0 Å². The summed E-state index contributed by atoms with van der Waals surface area (Å²) >= 11 is 0. The summed E-state index contributed by atoms with van der Waals surface area (Å²) in [4.78, 5) is 21.6. The van der Waals surface area contributed by atoms with E-state index >= 15 is 0 Å². The number of rotatable bonds is 0. The van der Waals surface area contributed by atoms with E-state index < -0.39 is 7.82 Å². The topological polar surface area (TPSA) is 113 Å². The Bertz CT molecular complexity index is 57.8. The monoisotopic (exact) mass is 193 g/mol. The van der Waals surface area contributed by atoms with Crippen LogP contribution in [0.3, 0.4) is 0 Å². The van der Waals surface area contributed by atoms with E-state index in [9.17, 15) is 0 Å². The SMILES string of the molecule is N.O=P(O)(O)O.[AsH3]. The molecule has 0 amide bonds. The van der Waals surface area contributed by atoms with Crippen LogP contribution in [0.4, 0.5) is 0 Å². The van der Waals surface area contributed by atoms with Gasteiger partial charge in [0.15, 0.2) is 0 Å². The van der Waals surface area contributed by atoms with Crippen molar-refractivity contribution in [3.63, 3.8) is 0 Å². The van der Waals surface area contributed by atoms with Crippen LogP contribution in [-0.2, 0) is 4.57 Å². The van der Waals surface area contributed by atoms with Crippen molar-refractivity contribution in [2.45, 2.75) is 0 Å². The molecule has 0 aliphatic carbocycles. The molecule has 0 heterocycles. The summed E-state index contributed by atoms with van der Waals surface area (Å²) in [5, 5.41) is 0. The molecule has 0 aromatic heterocycles. The predicted molar refractivity (Wildman–Crippen MR) is 29.2 cm³/mol. The van der Waals surface area contributed by atoms with Gasteiger partial charge in [0.05, 0.1) is 0 Å². The van der Waals surface area contributed by atoms with Crippen LogP contribution in [0.25, 0.3) is 0 Å². The van der Waals surface area contributed by atoms with Gasteiger partial charge < -0.3 is 20.8 Å². The molecular formula is H9AsNO4P. The van der Waals surface area contributed by atoms with Gasteiger partial charge in [-0.05, 0) is 0 Å². The molecule has 5 nitrogen and oxygen atoms in total.